The maximum atomic E-state index is 9.48. The Labute approximate surface area is 112 Å². The molecule has 0 aromatic heterocycles. The zero-order chi connectivity index (χ0) is 12.8. The van der Waals surface area contributed by atoms with E-state index < -0.39 is 0 Å². The quantitative estimate of drug-likeness (QED) is 0.814. The maximum Gasteiger partial charge on any atom is 0.0586 e. The molecule has 0 aromatic rings. The molecule has 106 valence electrons. The van der Waals surface area contributed by atoms with Crippen LogP contribution in [0.4, 0.5) is 0 Å². The molecule has 2 fully saturated rings. The summed E-state index contributed by atoms with van der Waals surface area (Å²) in [7, 11) is 0. The zero-order valence-corrected chi connectivity index (χ0v) is 12.0. The first-order valence-corrected chi connectivity index (χ1v) is 7.90. The fourth-order valence-corrected chi connectivity index (χ4v) is 3.60. The molecule has 3 nitrogen and oxygen atoms in total. The molecule has 0 aliphatic carbocycles. The topological polar surface area (TPSA) is 26.7 Å². The minimum atomic E-state index is 0.341. The summed E-state index contributed by atoms with van der Waals surface area (Å²) in [6, 6.07) is 1.09. The largest absolute Gasteiger partial charge is 0.395 e. The van der Waals surface area contributed by atoms with E-state index in [4.69, 9.17) is 0 Å². The van der Waals surface area contributed by atoms with Gasteiger partial charge in [0.25, 0.3) is 0 Å². The van der Waals surface area contributed by atoms with E-state index in [1.807, 2.05) is 0 Å². The lowest BCUT2D eigenvalue weighted by Crippen LogP contribution is -2.48. The van der Waals surface area contributed by atoms with Crippen LogP contribution in [0.1, 0.15) is 51.9 Å². The van der Waals surface area contributed by atoms with Crippen LogP contribution in [0.2, 0.25) is 0 Å². The summed E-state index contributed by atoms with van der Waals surface area (Å²) >= 11 is 0. The first kappa shape index (κ1) is 14.3. The number of aliphatic hydroxyl groups excluding tert-OH is 1. The van der Waals surface area contributed by atoms with Gasteiger partial charge in [-0.05, 0) is 58.7 Å². The SMILES string of the molecule is C[C@@H]1CCC[C@H](CO)N1CCCN1CCCCC1. The highest BCUT2D eigenvalue weighted by atomic mass is 16.3. The smallest absolute Gasteiger partial charge is 0.0586 e. The molecule has 1 N–H and O–H groups in total. The predicted molar refractivity (Wildman–Crippen MR) is 75.8 cm³/mol. The average Bonchev–Trinajstić information content (AvgIpc) is 2.41. The molecular formula is C15H30N2O. The number of likely N-dealkylation sites (tertiary alicyclic amines) is 2. The van der Waals surface area contributed by atoms with Gasteiger partial charge in [-0.25, -0.2) is 0 Å². The Morgan fingerprint density at radius 2 is 1.78 bits per heavy atom. The fraction of sp³-hybridized carbons (Fsp3) is 1.00. The summed E-state index contributed by atoms with van der Waals surface area (Å²) in [5, 5.41) is 9.48. The molecule has 2 rings (SSSR count). The Balaban J connectivity index is 1.69. The van der Waals surface area contributed by atoms with E-state index in [-0.39, 0.29) is 0 Å². The van der Waals surface area contributed by atoms with Crippen LogP contribution in [-0.2, 0) is 0 Å². The number of aliphatic hydroxyl groups is 1. The third-order valence-electron chi connectivity index (χ3n) is 4.74. The standard InChI is InChI=1S/C15H30N2O/c1-14-7-5-8-15(13-18)17(14)12-6-11-16-9-3-2-4-10-16/h14-15,18H,2-13H2,1H3/t14-,15-/m1/s1. The molecule has 2 atom stereocenters. The molecular weight excluding hydrogens is 224 g/mol. The summed E-state index contributed by atoms with van der Waals surface area (Å²) in [4.78, 5) is 5.17. The highest BCUT2D eigenvalue weighted by Gasteiger charge is 2.26. The number of piperidine rings is 2. The van der Waals surface area contributed by atoms with Crippen molar-refractivity contribution >= 4 is 0 Å². The third-order valence-corrected chi connectivity index (χ3v) is 4.74. The van der Waals surface area contributed by atoms with Crippen molar-refractivity contribution in [2.24, 2.45) is 0 Å². The van der Waals surface area contributed by atoms with Gasteiger partial charge in [-0.1, -0.05) is 12.8 Å². The number of rotatable bonds is 5. The Kier molecular flexibility index (Phi) is 5.93. The maximum absolute atomic E-state index is 9.48. The third kappa shape index (κ3) is 3.94. The number of hydrogen-bond donors (Lipinski definition) is 1. The Morgan fingerprint density at radius 3 is 2.50 bits per heavy atom. The van der Waals surface area contributed by atoms with Crippen molar-refractivity contribution in [1.29, 1.82) is 0 Å². The molecule has 0 aromatic carbocycles. The number of hydrogen-bond acceptors (Lipinski definition) is 3. The Morgan fingerprint density at radius 1 is 1.00 bits per heavy atom. The Bertz CT molecular complexity index is 229. The lowest BCUT2D eigenvalue weighted by Gasteiger charge is -2.40. The lowest BCUT2D eigenvalue weighted by atomic mass is 9.96. The van der Waals surface area contributed by atoms with E-state index in [9.17, 15) is 5.11 Å². The van der Waals surface area contributed by atoms with Crippen LogP contribution < -0.4 is 0 Å². The minimum Gasteiger partial charge on any atom is -0.395 e. The summed E-state index contributed by atoms with van der Waals surface area (Å²) in [5.41, 5.74) is 0. The van der Waals surface area contributed by atoms with Gasteiger partial charge in [0.15, 0.2) is 0 Å². The number of nitrogens with zero attached hydrogens (tertiary/aromatic N) is 2. The van der Waals surface area contributed by atoms with Crippen LogP contribution in [0.5, 0.6) is 0 Å². The van der Waals surface area contributed by atoms with Crippen LogP contribution >= 0.6 is 0 Å². The fourth-order valence-electron chi connectivity index (χ4n) is 3.60. The van der Waals surface area contributed by atoms with Crippen LogP contribution in [0.3, 0.4) is 0 Å². The van der Waals surface area contributed by atoms with Gasteiger partial charge >= 0.3 is 0 Å². The van der Waals surface area contributed by atoms with Gasteiger partial charge < -0.3 is 10.0 Å². The Hall–Kier alpha value is -0.120. The van der Waals surface area contributed by atoms with Gasteiger partial charge in [0, 0.05) is 18.6 Å². The van der Waals surface area contributed by atoms with Crippen molar-refractivity contribution in [3.63, 3.8) is 0 Å². The first-order valence-electron chi connectivity index (χ1n) is 7.90. The zero-order valence-electron chi connectivity index (χ0n) is 12.0. The lowest BCUT2D eigenvalue weighted by molar-refractivity contribution is 0.0477. The van der Waals surface area contributed by atoms with Crippen molar-refractivity contribution in [1.82, 2.24) is 9.80 Å². The van der Waals surface area contributed by atoms with Gasteiger partial charge in [0.2, 0.25) is 0 Å². The molecule has 2 aliphatic rings. The highest BCUT2D eigenvalue weighted by Crippen LogP contribution is 2.22. The predicted octanol–water partition coefficient (Wildman–Crippen LogP) is 2.10. The molecule has 2 heterocycles. The van der Waals surface area contributed by atoms with E-state index in [1.165, 1.54) is 71.1 Å². The normalized spacial score (nSPS) is 31.7. The highest BCUT2D eigenvalue weighted by molar-refractivity contribution is 4.82. The monoisotopic (exact) mass is 254 g/mol. The average molecular weight is 254 g/mol. The summed E-state index contributed by atoms with van der Waals surface area (Å²) in [6.45, 7) is 7.69. The minimum absolute atomic E-state index is 0.341. The molecule has 0 unspecified atom stereocenters. The summed E-state index contributed by atoms with van der Waals surface area (Å²) < 4.78 is 0. The van der Waals surface area contributed by atoms with Crippen LogP contribution in [-0.4, -0.2) is 59.8 Å². The molecule has 0 saturated carbocycles. The molecule has 0 spiro atoms. The van der Waals surface area contributed by atoms with E-state index in [2.05, 4.69) is 16.7 Å². The van der Waals surface area contributed by atoms with E-state index >= 15 is 0 Å². The second kappa shape index (κ2) is 7.46. The molecule has 2 aliphatic heterocycles. The van der Waals surface area contributed by atoms with Crippen molar-refractivity contribution < 1.29 is 5.11 Å². The van der Waals surface area contributed by atoms with Crippen LogP contribution in [0.15, 0.2) is 0 Å². The molecule has 18 heavy (non-hydrogen) atoms. The second-order valence-corrected chi connectivity index (χ2v) is 6.11. The van der Waals surface area contributed by atoms with Crippen LogP contribution in [0, 0.1) is 0 Å². The van der Waals surface area contributed by atoms with Gasteiger partial charge in [0.1, 0.15) is 0 Å². The van der Waals surface area contributed by atoms with Gasteiger partial charge in [0.05, 0.1) is 6.61 Å². The summed E-state index contributed by atoms with van der Waals surface area (Å²) in [5.74, 6) is 0. The van der Waals surface area contributed by atoms with E-state index in [0.29, 0.717) is 18.7 Å². The van der Waals surface area contributed by atoms with Crippen molar-refractivity contribution in [2.75, 3.05) is 32.8 Å². The van der Waals surface area contributed by atoms with E-state index in [1.54, 1.807) is 0 Å². The molecule has 3 heteroatoms. The van der Waals surface area contributed by atoms with Crippen molar-refractivity contribution in [3.05, 3.63) is 0 Å². The molecule has 0 bridgehead atoms. The van der Waals surface area contributed by atoms with Gasteiger partial charge in [-0.15, -0.1) is 0 Å². The van der Waals surface area contributed by atoms with Gasteiger partial charge in [-0.2, -0.15) is 0 Å². The van der Waals surface area contributed by atoms with Crippen molar-refractivity contribution in [3.8, 4) is 0 Å². The molecule has 0 amide bonds. The van der Waals surface area contributed by atoms with Crippen molar-refractivity contribution in [2.45, 2.75) is 64.0 Å². The van der Waals surface area contributed by atoms with E-state index in [0.717, 1.165) is 0 Å². The van der Waals surface area contributed by atoms with Crippen LogP contribution in [0.25, 0.3) is 0 Å². The first-order chi connectivity index (χ1) is 8.81. The van der Waals surface area contributed by atoms with Gasteiger partial charge in [-0.3, -0.25) is 4.90 Å². The molecule has 0 radical (unpaired) electrons. The molecule has 2 saturated heterocycles. The summed E-state index contributed by atoms with van der Waals surface area (Å²) in [6.07, 6.45) is 9.24. The second-order valence-electron chi connectivity index (χ2n) is 6.11.